The van der Waals surface area contributed by atoms with Gasteiger partial charge in [0.15, 0.2) is 6.29 Å². The first-order valence-electron chi connectivity index (χ1n) is 3.15. The first-order valence-corrected chi connectivity index (χ1v) is 3.53. The van der Waals surface area contributed by atoms with Gasteiger partial charge in [0.05, 0.1) is 10.6 Å². The number of halogens is 4. The Morgan fingerprint density at radius 3 is 2.54 bits per heavy atom. The van der Waals surface area contributed by atoms with E-state index < -0.39 is 23.5 Å². The Bertz CT molecular complexity index is 343. The number of rotatable bonds is 2. The summed E-state index contributed by atoms with van der Waals surface area (Å²) in [7, 11) is 0. The molecule has 0 aromatic carbocycles. The molecule has 0 saturated heterocycles. The molecule has 0 aliphatic rings. The van der Waals surface area contributed by atoms with Crippen molar-refractivity contribution in [2.75, 3.05) is 0 Å². The molecule has 0 fully saturated rings. The van der Waals surface area contributed by atoms with Crippen molar-refractivity contribution in [3.63, 3.8) is 0 Å². The van der Waals surface area contributed by atoms with E-state index in [2.05, 4.69) is 4.98 Å². The topological polar surface area (TPSA) is 30.0 Å². The van der Waals surface area contributed by atoms with Crippen molar-refractivity contribution in [3.8, 4) is 0 Å². The fourth-order valence-corrected chi connectivity index (χ4v) is 1.01. The highest BCUT2D eigenvalue weighted by Crippen LogP contribution is 2.27. The Balaban J connectivity index is 3.43. The first-order chi connectivity index (χ1) is 6.07. The Labute approximate surface area is 76.3 Å². The monoisotopic (exact) mass is 209 g/mol. The van der Waals surface area contributed by atoms with Gasteiger partial charge in [-0.15, -0.1) is 0 Å². The van der Waals surface area contributed by atoms with Crippen molar-refractivity contribution < 1.29 is 18.0 Å². The number of aromatic nitrogens is 1. The van der Waals surface area contributed by atoms with Gasteiger partial charge in [-0.05, 0) is 0 Å². The fraction of sp³-hybridized carbons (Fsp3) is 0.143. The molecule has 70 valence electrons. The number of carbonyl (C=O) groups excluding carboxylic acids is 1. The lowest BCUT2D eigenvalue weighted by Gasteiger charge is -2.04. The third-order valence-electron chi connectivity index (χ3n) is 1.40. The van der Waals surface area contributed by atoms with E-state index in [9.17, 15) is 18.0 Å². The second-order valence-electron chi connectivity index (χ2n) is 2.14. The molecule has 13 heavy (non-hydrogen) atoms. The van der Waals surface area contributed by atoms with E-state index in [1.165, 1.54) is 0 Å². The SMILES string of the molecule is O=Cc1c(Cl)cnc(F)c1C(F)F. The summed E-state index contributed by atoms with van der Waals surface area (Å²) in [6, 6.07) is 0. The number of pyridine rings is 1. The lowest BCUT2D eigenvalue weighted by Crippen LogP contribution is -2.01. The van der Waals surface area contributed by atoms with Crippen molar-refractivity contribution in [2.45, 2.75) is 6.43 Å². The van der Waals surface area contributed by atoms with E-state index in [-0.39, 0.29) is 11.3 Å². The third kappa shape index (κ3) is 1.80. The van der Waals surface area contributed by atoms with Gasteiger partial charge in [-0.25, -0.2) is 13.8 Å². The minimum atomic E-state index is -3.11. The largest absolute Gasteiger partial charge is 0.298 e. The molecule has 0 spiro atoms. The summed E-state index contributed by atoms with van der Waals surface area (Å²) < 4.78 is 37.0. The molecular weight excluding hydrogens is 207 g/mol. The van der Waals surface area contributed by atoms with Crippen LogP contribution in [0.4, 0.5) is 13.2 Å². The summed E-state index contributed by atoms with van der Waals surface area (Å²) >= 11 is 5.35. The predicted molar refractivity (Wildman–Crippen MR) is 39.5 cm³/mol. The minimum Gasteiger partial charge on any atom is -0.298 e. The number of aldehydes is 1. The molecule has 2 nitrogen and oxygen atoms in total. The highest BCUT2D eigenvalue weighted by atomic mass is 35.5. The molecule has 0 N–H and O–H groups in total. The van der Waals surface area contributed by atoms with E-state index in [0.29, 0.717) is 0 Å². The van der Waals surface area contributed by atoms with Gasteiger partial charge >= 0.3 is 0 Å². The molecule has 0 aliphatic carbocycles. The van der Waals surface area contributed by atoms with Crippen molar-refractivity contribution in [1.82, 2.24) is 4.98 Å². The number of nitrogens with zero attached hydrogens (tertiary/aromatic N) is 1. The standard InChI is InChI=1S/C7H3ClF3NO/c8-4-1-12-7(11)5(6(9)10)3(4)2-13/h1-2,6H. The molecular formula is C7H3ClF3NO. The van der Waals surface area contributed by atoms with Crippen LogP contribution in [0.3, 0.4) is 0 Å². The maximum atomic E-state index is 12.7. The van der Waals surface area contributed by atoms with Gasteiger partial charge in [-0.2, -0.15) is 4.39 Å². The molecule has 0 saturated carbocycles. The smallest absolute Gasteiger partial charge is 0.269 e. The molecule has 0 amide bonds. The van der Waals surface area contributed by atoms with Crippen LogP contribution in [0.15, 0.2) is 6.20 Å². The predicted octanol–water partition coefficient (Wildman–Crippen LogP) is 2.62. The van der Waals surface area contributed by atoms with Crippen molar-refractivity contribution in [3.05, 3.63) is 28.3 Å². The highest BCUT2D eigenvalue weighted by molar-refractivity contribution is 6.32. The van der Waals surface area contributed by atoms with Crippen LogP contribution in [0.25, 0.3) is 0 Å². The van der Waals surface area contributed by atoms with Crippen LogP contribution in [0.5, 0.6) is 0 Å². The fourth-order valence-electron chi connectivity index (χ4n) is 0.820. The molecule has 0 aliphatic heterocycles. The first kappa shape index (κ1) is 9.98. The number of alkyl halides is 2. The van der Waals surface area contributed by atoms with Crippen LogP contribution in [0, 0.1) is 5.95 Å². The molecule has 6 heteroatoms. The van der Waals surface area contributed by atoms with Crippen LogP contribution in [0.2, 0.25) is 5.02 Å². The van der Waals surface area contributed by atoms with Gasteiger partial charge < -0.3 is 0 Å². The number of hydrogen-bond acceptors (Lipinski definition) is 2. The second kappa shape index (κ2) is 3.74. The van der Waals surface area contributed by atoms with Gasteiger partial charge in [-0.1, -0.05) is 11.6 Å². The molecule has 0 radical (unpaired) electrons. The van der Waals surface area contributed by atoms with E-state index >= 15 is 0 Å². The number of hydrogen-bond donors (Lipinski definition) is 0. The van der Waals surface area contributed by atoms with Crippen molar-refractivity contribution >= 4 is 17.9 Å². The average molecular weight is 210 g/mol. The van der Waals surface area contributed by atoms with Crippen LogP contribution in [-0.2, 0) is 0 Å². The van der Waals surface area contributed by atoms with Gasteiger partial charge in [0.25, 0.3) is 6.43 Å². The third-order valence-corrected chi connectivity index (χ3v) is 1.70. The summed E-state index contributed by atoms with van der Waals surface area (Å²) in [4.78, 5) is 13.3. The molecule has 0 bridgehead atoms. The van der Waals surface area contributed by atoms with Crippen LogP contribution < -0.4 is 0 Å². The summed E-state index contributed by atoms with van der Waals surface area (Å²) in [5, 5.41) is -0.285. The van der Waals surface area contributed by atoms with E-state index in [1.807, 2.05) is 0 Å². The maximum absolute atomic E-state index is 12.7. The Hall–Kier alpha value is -1.10. The minimum absolute atomic E-state index is 0.0780. The zero-order valence-corrected chi connectivity index (χ0v) is 6.86. The normalized spacial score (nSPS) is 10.5. The van der Waals surface area contributed by atoms with Crippen LogP contribution >= 0.6 is 11.6 Å². The van der Waals surface area contributed by atoms with Crippen molar-refractivity contribution in [2.24, 2.45) is 0 Å². The van der Waals surface area contributed by atoms with E-state index in [1.54, 1.807) is 0 Å². The van der Waals surface area contributed by atoms with E-state index in [4.69, 9.17) is 11.6 Å². The maximum Gasteiger partial charge on any atom is 0.269 e. The average Bonchev–Trinajstić information content (AvgIpc) is 2.07. The molecule has 1 heterocycles. The second-order valence-corrected chi connectivity index (χ2v) is 2.55. The molecule has 1 aromatic heterocycles. The zero-order chi connectivity index (χ0) is 10.0. The quantitative estimate of drug-likeness (QED) is 0.554. The summed E-state index contributed by atoms with van der Waals surface area (Å²) in [5.41, 5.74) is -1.60. The Morgan fingerprint density at radius 2 is 2.15 bits per heavy atom. The van der Waals surface area contributed by atoms with Gasteiger partial charge in [0.1, 0.15) is 0 Å². The highest BCUT2D eigenvalue weighted by Gasteiger charge is 2.21. The van der Waals surface area contributed by atoms with Gasteiger partial charge in [0, 0.05) is 11.8 Å². The molecule has 1 rings (SSSR count). The molecule has 1 aromatic rings. The summed E-state index contributed by atoms with van der Waals surface area (Å²) in [6.45, 7) is 0. The van der Waals surface area contributed by atoms with Crippen LogP contribution in [0.1, 0.15) is 22.3 Å². The lowest BCUT2D eigenvalue weighted by molar-refractivity contribution is 0.110. The summed E-state index contributed by atoms with van der Waals surface area (Å²) in [5.74, 6) is -1.37. The lowest BCUT2D eigenvalue weighted by atomic mass is 10.1. The zero-order valence-electron chi connectivity index (χ0n) is 6.10. The molecule has 0 atom stereocenters. The summed E-state index contributed by atoms with van der Waals surface area (Å²) in [6.07, 6.45) is -2.22. The van der Waals surface area contributed by atoms with Crippen molar-refractivity contribution in [1.29, 1.82) is 0 Å². The Kier molecular flexibility index (Phi) is 2.87. The van der Waals surface area contributed by atoms with Gasteiger partial charge in [0.2, 0.25) is 5.95 Å². The number of carbonyl (C=O) groups is 1. The van der Waals surface area contributed by atoms with E-state index in [0.717, 1.165) is 6.20 Å². The van der Waals surface area contributed by atoms with Crippen LogP contribution in [-0.4, -0.2) is 11.3 Å². The van der Waals surface area contributed by atoms with Gasteiger partial charge in [-0.3, -0.25) is 4.79 Å². The molecule has 0 unspecified atom stereocenters. The Morgan fingerprint density at radius 1 is 1.54 bits per heavy atom.